The van der Waals surface area contributed by atoms with Gasteiger partial charge in [-0.3, -0.25) is 4.98 Å². The Bertz CT molecular complexity index is 297. The highest BCUT2D eigenvalue weighted by Crippen LogP contribution is 2.18. The van der Waals surface area contributed by atoms with Crippen LogP contribution in [0.15, 0.2) is 24.5 Å². The average Bonchev–Trinajstić information content (AvgIpc) is 2.67. The summed E-state index contributed by atoms with van der Waals surface area (Å²) in [6, 6.07) is 5.33. The van der Waals surface area contributed by atoms with Crippen molar-refractivity contribution in [3.8, 4) is 0 Å². The van der Waals surface area contributed by atoms with E-state index < -0.39 is 0 Å². The third-order valence-electron chi connectivity index (χ3n) is 2.77. The largest absolute Gasteiger partial charge is 0.369 e. The van der Waals surface area contributed by atoms with Crippen molar-refractivity contribution in [3.63, 3.8) is 0 Å². The lowest BCUT2D eigenvalue weighted by Gasteiger charge is -2.19. The molecule has 2 heterocycles. The predicted molar refractivity (Wildman–Crippen MR) is 63.1 cm³/mol. The van der Waals surface area contributed by atoms with Gasteiger partial charge >= 0.3 is 0 Å². The highest BCUT2D eigenvalue weighted by molar-refractivity contribution is 5.44. The first kappa shape index (κ1) is 10.4. The van der Waals surface area contributed by atoms with E-state index >= 15 is 0 Å². The van der Waals surface area contributed by atoms with Gasteiger partial charge in [-0.2, -0.15) is 0 Å². The molecule has 0 saturated carbocycles. The summed E-state index contributed by atoms with van der Waals surface area (Å²) in [4.78, 5) is 6.55. The molecule has 3 heteroatoms. The molecule has 0 aliphatic carbocycles. The van der Waals surface area contributed by atoms with E-state index in [-0.39, 0.29) is 0 Å². The van der Waals surface area contributed by atoms with Gasteiger partial charge in [-0.05, 0) is 18.6 Å². The molecule has 1 aliphatic rings. The van der Waals surface area contributed by atoms with Gasteiger partial charge in [0.1, 0.15) is 0 Å². The van der Waals surface area contributed by atoms with Crippen LogP contribution in [0.5, 0.6) is 0 Å². The SMILES string of the molecule is CC(C)NC1CCN(c2cccnc2)C1. The quantitative estimate of drug-likeness (QED) is 0.813. The molecule has 3 nitrogen and oxygen atoms in total. The minimum atomic E-state index is 0.573. The molecule has 1 aromatic heterocycles. The van der Waals surface area contributed by atoms with Crippen LogP contribution in [0.3, 0.4) is 0 Å². The van der Waals surface area contributed by atoms with Gasteiger partial charge in [-0.25, -0.2) is 0 Å². The number of hydrogen-bond donors (Lipinski definition) is 1. The summed E-state index contributed by atoms with van der Waals surface area (Å²) in [6.45, 7) is 6.64. The first-order valence-electron chi connectivity index (χ1n) is 5.67. The number of aromatic nitrogens is 1. The van der Waals surface area contributed by atoms with Gasteiger partial charge in [0, 0.05) is 31.4 Å². The van der Waals surface area contributed by atoms with E-state index in [0.29, 0.717) is 12.1 Å². The second kappa shape index (κ2) is 4.62. The van der Waals surface area contributed by atoms with Gasteiger partial charge < -0.3 is 10.2 Å². The molecule has 1 aliphatic heterocycles. The first-order chi connectivity index (χ1) is 7.25. The van der Waals surface area contributed by atoms with Gasteiger partial charge in [0.15, 0.2) is 0 Å². The molecule has 1 aromatic rings. The molecule has 0 amide bonds. The van der Waals surface area contributed by atoms with E-state index in [1.807, 2.05) is 18.5 Å². The molecule has 0 spiro atoms. The minimum absolute atomic E-state index is 0.573. The number of pyridine rings is 1. The Morgan fingerprint density at radius 2 is 2.40 bits per heavy atom. The number of anilines is 1. The Balaban J connectivity index is 1.93. The molecule has 1 N–H and O–H groups in total. The van der Waals surface area contributed by atoms with E-state index in [2.05, 4.69) is 35.1 Å². The van der Waals surface area contributed by atoms with E-state index in [1.54, 1.807) is 0 Å². The Labute approximate surface area is 91.5 Å². The number of rotatable bonds is 3. The van der Waals surface area contributed by atoms with Crippen molar-refractivity contribution in [2.24, 2.45) is 0 Å². The van der Waals surface area contributed by atoms with Gasteiger partial charge in [-0.1, -0.05) is 13.8 Å². The molecule has 1 unspecified atom stereocenters. The normalized spacial score (nSPS) is 21.3. The topological polar surface area (TPSA) is 28.2 Å². The Morgan fingerprint density at radius 1 is 1.53 bits per heavy atom. The van der Waals surface area contributed by atoms with Crippen molar-refractivity contribution in [3.05, 3.63) is 24.5 Å². The van der Waals surface area contributed by atoms with Crippen LogP contribution in [0.4, 0.5) is 5.69 Å². The van der Waals surface area contributed by atoms with Crippen molar-refractivity contribution in [1.29, 1.82) is 0 Å². The fourth-order valence-electron chi connectivity index (χ4n) is 2.14. The number of nitrogens with one attached hydrogen (secondary N) is 1. The maximum atomic E-state index is 4.15. The molecule has 0 aromatic carbocycles. The summed E-state index contributed by atoms with van der Waals surface area (Å²) in [5.74, 6) is 0. The minimum Gasteiger partial charge on any atom is -0.369 e. The van der Waals surface area contributed by atoms with Crippen molar-refractivity contribution in [1.82, 2.24) is 10.3 Å². The molecule has 0 bridgehead atoms. The summed E-state index contributed by atoms with van der Waals surface area (Å²) in [5.41, 5.74) is 1.24. The van der Waals surface area contributed by atoms with Crippen LogP contribution in [-0.2, 0) is 0 Å². The van der Waals surface area contributed by atoms with Crippen LogP contribution in [0.2, 0.25) is 0 Å². The zero-order chi connectivity index (χ0) is 10.7. The van der Waals surface area contributed by atoms with Crippen LogP contribution >= 0.6 is 0 Å². The summed E-state index contributed by atoms with van der Waals surface area (Å²) in [6.07, 6.45) is 4.99. The van der Waals surface area contributed by atoms with Crippen molar-refractivity contribution in [2.45, 2.75) is 32.4 Å². The second-order valence-corrected chi connectivity index (χ2v) is 4.46. The Hall–Kier alpha value is -1.09. The molecule has 2 rings (SSSR count). The van der Waals surface area contributed by atoms with E-state index in [0.717, 1.165) is 13.1 Å². The fourth-order valence-corrected chi connectivity index (χ4v) is 2.14. The molecule has 15 heavy (non-hydrogen) atoms. The highest BCUT2D eigenvalue weighted by Gasteiger charge is 2.22. The van der Waals surface area contributed by atoms with E-state index in [4.69, 9.17) is 0 Å². The molecule has 1 atom stereocenters. The van der Waals surface area contributed by atoms with Gasteiger partial charge in [-0.15, -0.1) is 0 Å². The average molecular weight is 205 g/mol. The monoisotopic (exact) mass is 205 g/mol. The fraction of sp³-hybridized carbons (Fsp3) is 0.583. The lowest BCUT2D eigenvalue weighted by molar-refractivity contribution is 0.492. The number of nitrogens with zero attached hydrogens (tertiary/aromatic N) is 2. The third kappa shape index (κ3) is 2.69. The maximum absolute atomic E-state index is 4.15. The Kier molecular flexibility index (Phi) is 3.21. The zero-order valence-corrected chi connectivity index (χ0v) is 9.48. The second-order valence-electron chi connectivity index (χ2n) is 4.46. The van der Waals surface area contributed by atoms with E-state index in [9.17, 15) is 0 Å². The van der Waals surface area contributed by atoms with Gasteiger partial charge in [0.05, 0.1) is 11.9 Å². The third-order valence-corrected chi connectivity index (χ3v) is 2.77. The molecular formula is C12H19N3. The van der Waals surface area contributed by atoms with Crippen LogP contribution in [0.1, 0.15) is 20.3 Å². The van der Waals surface area contributed by atoms with Crippen LogP contribution in [0, 0.1) is 0 Å². The molecular weight excluding hydrogens is 186 g/mol. The first-order valence-corrected chi connectivity index (χ1v) is 5.67. The predicted octanol–water partition coefficient (Wildman–Crippen LogP) is 1.66. The Morgan fingerprint density at radius 3 is 3.07 bits per heavy atom. The zero-order valence-electron chi connectivity index (χ0n) is 9.48. The molecule has 1 saturated heterocycles. The molecule has 1 fully saturated rings. The van der Waals surface area contributed by atoms with Crippen molar-refractivity contribution in [2.75, 3.05) is 18.0 Å². The summed E-state index contributed by atoms with van der Waals surface area (Å²) in [5, 5.41) is 3.58. The molecule has 0 radical (unpaired) electrons. The lowest BCUT2D eigenvalue weighted by Crippen LogP contribution is -2.37. The van der Waals surface area contributed by atoms with Crippen LogP contribution in [-0.4, -0.2) is 30.2 Å². The van der Waals surface area contributed by atoms with Crippen LogP contribution < -0.4 is 10.2 Å². The van der Waals surface area contributed by atoms with E-state index in [1.165, 1.54) is 12.1 Å². The summed E-state index contributed by atoms with van der Waals surface area (Å²) in [7, 11) is 0. The standard InChI is InChI=1S/C12H19N3/c1-10(2)14-11-5-7-15(9-11)12-4-3-6-13-8-12/h3-4,6,8,10-11,14H,5,7,9H2,1-2H3. The summed E-state index contributed by atoms with van der Waals surface area (Å²) < 4.78 is 0. The van der Waals surface area contributed by atoms with Gasteiger partial charge in [0.2, 0.25) is 0 Å². The van der Waals surface area contributed by atoms with Crippen molar-refractivity contribution >= 4 is 5.69 Å². The maximum Gasteiger partial charge on any atom is 0.0553 e. The summed E-state index contributed by atoms with van der Waals surface area (Å²) >= 11 is 0. The highest BCUT2D eigenvalue weighted by atomic mass is 15.2. The van der Waals surface area contributed by atoms with Crippen molar-refractivity contribution < 1.29 is 0 Å². The van der Waals surface area contributed by atoms with Gasteiger partial charge in [0.25, 0.3) is 0 Å². The number of hydrogen-bond acceptors (Lipinski definition) is 3. The smallest absolute Gasteiger partial charge is 0.0553 e. The lowest BCUT2D eigenvalue weighted by atomic mass is 10.2. The van der Waals surface area contributed by atoms with Crippen LogP contribution in [0.25, 0.3) is 0 Å². The molecule has 82 valence electrons.